The lowest BCUT2D eigenvalue weighted by Crippen LogP contribution is -2.43. The Morgan fingerprint density at radius 1 is 1.67 bits per heavy atom. The summed E-state index contributed by atoms with van der Waals surface area (Å²) in [4.78, 5) is 6.19. The minimum Gasteiger partial charge on any atom is -0.370 e. The van der Waals surface area contributed by atoms with E-state index in [1.807, 2.05) is 0 Å². The van der Waals surface area contributed by atoms with E-state index in [4.69, 9.17) is 5.73 Å². The van der Waals surface area contributed by atoms with Crippen molar-refractivity contribution in [1.29, 1.82) is 0 Å². The number of piperidine rings is 1. The van der Waals surface area contributed by atoms with E-state index in [1.165, 1.54) is 19.3 Å². The van der Waals surface area contributed by atoms with Crippen LogP contribution < -0.4 is 5.73 Å². The van der Waals surface area contributed by atoms with Crippen molar-refractivity contribution in [2.45, 2.75) is 26.2 Å². The summed E-state index contributed by atoms with van der Waals surface area (Å²) in [5, 5.41) is 0. The highest BCUT2D eigenvalue weighted by Gasteiger charge is 2.18. The number of nitrogens with zero attached hydrogens (tertiary/aromatic N) is 2. The fourth-order valence-corrected chi connectivity index (χ4v) is 1.75. The summed E-state index contributed by atoms with van der Waals surface area (Å²) in [6.45, 7) is 4.42. The van der Waals surface area contributed by atoms with E-state index in [0.717, 1.165) is 19.0 Å². The van der Waals surface area contributed by atoms with Gasteiger partial charge in [-0.3, -0.25) is 4.99 Å². The largest absolute Gasteiger partial charge is 0.370 e. The van der Waals surface area contributed by atoms with E-state index < -0.39 is 0 Å². The third-order valence-corrected chi connectivity index (χ3v) is 2.65. The second-order valence-electron chi connectivity index (χ2n) is 3.44. The molecule has 0 aromatic carbocycles. The molecule has 70 valence electrons. The minimum atomic E-state index is 0.702. The third-order valence-electron chi connectivity index (χ3n) is 2.65. The first-order valence-electron chi connectivity index (χ1n) is 4.75. The summed E-state index contributed by atoms with van der Waals surface area (Å²) in [5.41, 5.74) is 5.74. The summed E-state index contributed by atoms with van der Waals surface area (Å²) >= 11 is 0. The maximum Gasteiger partial charge on any atom is 0.190 e. The van der Waals surface area contributed by atoms with Gasteiger partial charge in [0.15, 0.2) is 5.96 Å². The van der Waals surface area contributed by atoms with Gasteiger partial charge in [-0.25, -0.2) is 0 Å². The predicted molar refractivity (Wildman–Crippen MR) is 52.1 cm³/mol. The second kappa shape index (κ2) is 4.33. The minimum absolute atomic E-state index is 0.702. The Balaban J connectivity index is 2.45. The highest BCUT2D eigenvalue weighted by molar-refractivity contribution is 5.77. The van der Waals surface area contributed by atoms with Crippen LogP contribution in [0.3, 0.4) is 0 Å². The number of likely N-dealkylation sites (tertiary alicyclic amines) is 1. The molecule has 0 amide bonds. The lowest BCUT2D eigenvalue weighted by atomic mass is 9.96. The molecule has 3 heteroatoms. The Labute approximate surface area is 74.6 Å². The van der Waals surface area contributed by atoms with Crippen molar-refractivity contribution in [2.24, 2.45) is 16.6 Å². The van der Waals surface area contributed by atoms with E-state index in [1.54, 1.807) is 7.05 Å². The molecule has 3 nitrogen and oxygen atoms in total. The summed E-state index contributed by atoms with van der Waals surface area (Å²) in [5.74, 6) is 1.52. The number of hydrogen-bond acceptors (Lipinski definition) is 1. The summed E-state index contributed by atoms with van der Waals surface area (Å²) < 4.78 is 0. The van der Waals surface area contributed by atoms with Crippen LogP contribution in [-0.2, 0) is 0 Å². The molecule has 1 fully saturated rings. The van der Waals surface area contributed by atoms with Crippen LogP contribution in [0.4, 0.5) is 0 Å². The van der Waals surface area contributed by atoms with Crippen molar-refractivity contribution in [2.75, 3.05) is 20.1 Å². The van der Waals surface area contributed by atoms with Gasteiger partial charge >= 0.3 is 0 Å². The molecule has 0 aliphatic carbocycles. The van der Waals surface area contributed by atoms with E-state index in [0.29, 0.717) is 5.96 Å². The molecular weight excluding hydrogens is 150 g/mol. The van der Waals surface area contributed by atoms with Gasteiger partial charge in [0.25, 0.3) is 0 Å². The molecule has 0 aromatic heterocycles. The third kappa shape index (κ3) is 2.13. The van der Waals surface area contributed by atoms with Gasteiger partial charge in [-0.15, -0.1) is 0 Å². The first kappa shape index (κ1) is 9.36. The number of rotatable bonds is 1. The van der Waals surface area contributed by atoms with Crippen molar-refractivity contribution >= 4 is 5.96 Å². The van der Waals surface area contributed by atoms with Gasteiger partial charge in [0.1, 0.15) is 0 Å². The van der Waals surface area contributed by atoms with Gasteiger partial charge in [0.05, 0.1) is 0 Å². The van der Waals surface area contributed by atoms with Crippen LogP contribution in [0.15, 0.2) is 4.99 Å². The molecule has 1 saturated heterocycles. The van der Waals surface area contributed by atoms with Gasteiger partial charge in [-0.05, 0) is 18.8 Å². The highest BCUT2D eigenvalue weighted by Crippen LogP contribution is 2.18. The average Bonchev–Trinajstić information content (AvgIpc) is 2.17. The quantitative estimate of drug-likeness (QED) is 0.471. The zero-order valence-electron chi connectivity index (χ0n) is 8.08. The Morgan fingerprint density at radius 2 is 2.42 bits per heavy atom. The standard InChI is InChI=1S/C9H19N3/c1-3-8-5-4-6-12(7-8)9(10)11-2/h8H,3-7H2,1-2H3,(H2,10,11). The fourth-order valence-electron chi connectivity index (χ4n) is 1.75. The van der Waals surface area contributed by atoms with Gasteiger partial charge in [-0.2, -0.15) is 0 Å². The Hall–Kier alpha value is -0.730. The smallest absolute Gasteiger partial charge is 0.190 e. The molecule has 0 radical (unpaired) electrons. The van der Waals surface area contributed by atoms with E-state index >= 15 is 0 Å². The summed E-state index contributed by atoms with van der Waals surface area (Å²) in [6.07, 6.45) is 3.87. The van der Waals surface area contributed by atoms with Crippen LogP contribution in [0.1, 0.15) is 26.2 Å². The normalized spacial score (nSPS) is 26.0. The number of nitrogens with two attached hydrogens (primary N) is 1. The van der Waals surface area contributed by atoms with Gasteiger partial charge in [-0.1, -0.05) is 13.3 Å². The molecule has 1 atom stereocenters. The summed E-state index contributed by atoms with van der Waals surface area (Å²) in [7, 11) is 1.75. The van der Waals surface area contributed by atoms with E-state index in [-0.39, 0.29) is 0 Å². The molecular formula is C9H19N3. The Morgan fingerprint density at radius 3 is 3.00 bits per heavy atom. The van der Waals surface area contributed by atoms with Gasteiger partial charge in [0.2, 0.25) is 0 Å². The molecule has 0 aromatic rings. The molecule has 0 spiro atoms. The zero-order chi connectivity index (χ0) is 8.97. The molecule has 0 bridgehead atoms. The van der Waals surface area contributed by atoms with Crippen molar-refractivity contribution in [3.05, 3.63) is 0 Å². The van der Waals surface area contributed by atoms with Crippen LogP contribution in [0.5, 0.6) is 0 Å². The van der Waals surface area contributed by atoms with Crippen molar-refractivity contribution in [3.63, 3.8) is 0 Å². The highest BCUT2D eigenvalue weighted by atomic mass is 15.2. The van der Waals surface area contributed by atoms with Crippen LogP contribution >= 0.6 is 0 Å². The Kier molecular flexibility index (Phi) is 3.38. The molecule has 1 aliphatic rings. The molecule has 1 unspecified atom stereocenters. The van der Waals surface area contributed by atoms with Gasteiger partial charge in [0, 0.05) is 20.1 Å². The van der Waals surface area contributed by atoms with Crippen molar-refractivity contribution in [3.8, 4) is 0 Å². The molecule has 1 heterocycles. The van der Waals surface area contributed by atoms with Crippen molar-refractivity contribution < 1.29 is 0 Å². The number of hydrogen-bond donors (Lipinski definition) is 1. The van der Waals surface area contributed by atoms with Crippen LogP contribution in [0.2, 0.25) is 0 Å². The lowest BCUT2D eigenvalue weighted by molar-refractivity contribution is 0.251. The first-order valence-corrected chi connectivity index (χ1v) is 4.75. The molecule has 2 N–H and O–H groups in total. The molecule has 12 heavy (non-hydrogen) atoms. The topological polar surface area (TPSA) is 41.6 Å². The lowest BCUT2D eigenvalue weighted by Gasteiger charge is -2.32. The number of guanidine groups is 1. The number of aliphatic imine (C=N–C) groups is 1. The summed E-state index contributed by atoms with van der Waals surface area (Å²) in [6, 6.07) is 0. The zero-order valence-corrected chi connectivity index (χ0v) is 8.08. The SMILES string of the molecule is CCC1CCCN(C(N)=NC)C1. The van der Waals surface area contributed by atoms with Crippen LogP contribution in [0, 0.1) is 5.92 Å². The maximum atomic E-state index is 5.74. The van der Waals surface area contributed by atoms with Crippen LogP contribution in [-0.4, -0.2) is 31.0 Å². The maximum absolute atomic E-state index is 5.74. The molecule has 1 aliphatic heterocycles. The second-order valence-corrected chi connectivity index (χ2v) is 3.44. The van der Waals surface area contributed by atoms with E-state index in [2.05, 4.69) is 16.8 Å². The van der Waals surface area contributed by atoms with Crippen molar-refractivity contribution in [1.82, 2.24) is 4.90 Å². The molecule has 1 rings (SSSR count). The average molecular weight is 169 g/mol. The monoisotopic (exact) mass is 169 g/mol. The Bertz CT molecular complexity index is 165. The van der Waals surface area contributed by atoms with Gasteiger partial charge < -0.3 is 10.6 Å². The molecule has 0 saturated carbocycles. The van der Waals surface area contributed by atoms with E-state index in [9.17, 15) is 0 Å². The predicted octanol–water partition coefficient (Wildman–Crippen LogP) is 1.05. The fraction of sp³-hybridized carbons (Fsp3) is 0.889. The first-order chi connectivity index (χ1) is 5.77. The van der Waals surface area contributed by atoms with Crippen LogP contribution in [0.25, 0.3) is 0 Å².